The number of halogens is 3. The van der Waals surface area contributed by atoms with Crippen LogP contribution in [0.2, 0.25) is 0 Å². The van der Waals surface area contributed by atoms with E-state index >= 15 is 0 Å². The van der Waals surface area contributed by atoms with E-state index in [4.69, 9.17) is 4.42 Å². The van der Waals surface area contributed by atoms with E-state index in [0.717, 1.165) is 15.5 Å². The van der Waals surface area contributed by atoms with E-state index in [0.29, 0.717) is 11.5 Å². The average Bonchev–Trinajstić information content (AvgIpc) is 2.78. The predicted molar refractivity (Wildman–Crippen MR) is 70.3 cm³/mol. The van der Waals surface area contributed by atoms with Gasteiger partial charge in [0.15, 0.2) is 0 Å². The summed E-state index contributed by atoms with van der Waals surface area (Å²) in [5, 5.41) is 0. The highest BCUT2D eigenvalue weighted by Crippen LogP contribution is 2.29. The molecule has 0 saturated carbocycles. The molecule has 0 amide bonds. The second-order valence-corrected chi connectivity index (χ2v) is 4.89. The Balaban J connectivity index is 2.25. The minimum absolute atomic E-state index is 0.261. The average molecular weight is 360 g/mol. The number of fused-ring (bicyclic) bond motifs is 1. The molecule has 0 aliphatic carbocycles. The summed E-state index contributed by atoms with van der Waals surface area (Å²) in [5.74, 6) is -0.118. The molecule has 3 aromatic rings. The van der Waals surface area contributed by atoms with Gasteiger partial charge in [0, 0.05) is 11.6 Å². The van der Waals surface area contributed by atoms with Gasteiger partial charge in [-0.25, -0.2) is 8.78 Å². The van der Waals surface area contributed by atoms with E-state index < -0.39 is 11.6 Å². The first-order valence-corrected chi connectivity index (χ1v) is 6.23. The van der Waals surface area contributed by atoms with Gasteiger partial charge < -0.3 is 4.42 Å². The first-order valence-electron chi connectivity index (χ1n) is 5.15. The van der Waals surface area contributed by atoms with Gasteiger partial charge in [0.25, 0.3) is 0 Å². The number of oxazole rings is 1. The molecule has 0 unspecified atom stereocenters. The molecule has 18 heavy (non-hydrogen) atoms. The highest BCUT2D eigenvalue weighted by atomic mass is 127. The van der Waals surface area contributed by atoms with Gasteiger partial charge in [-0.3, -0.25) is 4.40 Å². The van der Waals surface area contributed by atoms with Crippen molar-refractivity contribution < 1.29 is 13.2 Å². The Hall–Kier alpha value is -1.44. The highest BCUT2D eigenvalue weighted by molar-refractivity contribution is 14.1. The van der Waals surface area contributed by atoms with Crippen molar-refractivity contribution in [2.45, 2.75) is 6.92 Å². The third-order valence-corrected chi connectivity index (χ3v) is 3.60. The zero-order chi connectivity index (χ0) is 12.9. The second kappa shape index (κ2) is 4.04. The summed E-state index contributed by atoms with van der Waals surface area (Å²) < 4.78 is 34.4. The molecule has 0 bridgehead atoms. The molecular weight excluding hydrogens is 353 g/mol. The van der Waals surface area contributed by atoms with Gasteiger partial charge >= 0.3 is 5.84 Å². The summed E-state index contributed by atoms with van der Waals surface area (Å²) in [6.07, 6.45) is 1.77. The van der Waals surface area contributed by atoms with Crippen molar-refractivity contribution in [1.82, 2.24) is 9.38 Å². The number of aryl methyl sites for hydroxylation is 1. The number of imidazole rings is 1. The van der Waals surface area contributed by atoms with Crippen molar-refractivity contribution in [2.75, 3.05) is 0 Å². The summed E-state index contributed by atoms with van der Waals surface area (Å²) in [6, 6.07) is 3.43. The van der Waals surface area contributed by atoms with E-state index in [-0.39, 0.29) is 5.56 Å². The number of hydrogen-bond donors (Lipinski definition) is 0. The van der Waals surface area contributed by atoms with Crippen LogP contribution in [0.4, 0.5) is 8.78 Å². The third-order valence-electron chi connectivity index (χ3n) is 2.57. The molecule has 0 fully saturated rings. The molecule has 0 aliphatic rings. The van der Waals surface area contributed by atoms with E-state index in [1.54, 1.807) is 10.6 Å². The van der Waals surface area contributed by atoms with E-state index in [2.05, 4.69) is 27.6 Å². The summed E-state index contributed by atoms with van der Waals surface area (Å²) >= 11 is 2.06. The summed E-state index contributed by atoms with van der Waals surface area (Å²) in [4.78, 5) is 4.22. The Labute approximate surface area is 115 Å². The molecule has 2 aromatic heterocycles. The van der Waals surface area contributed by atoms with Gasteiger partial charge in [0.2, 0.25) is 0 Å². The SMILES string of the molecule is Cc1cn2c(I)c(-c3ccc(F)cc3F)nc2o1. The van der Waals surface area contributed by atoms with Crippen LogP contribution in [0.15, 0.2) is 28.8 Å². The Kier molecular flexibility index (Phi) is 2.61. The molecule has 0 aliphatic heterocycles. The van der Waals surface area contributed by atoms with Crippen LogP contribution in [0, 0.1) is 22.3 Å². The van der Waals surface area contributed by atoms with Crippen LogP contribution in [-0.2, 0) is 0 Å². The first-order chi connectivity index (χ1) is 8.56. The topological polar surface area (TPSA) is 30.4 Å². The molecule has 2 heterocycles. The van der Waals surface area contributed by atoms with Crippen LogP contribution in [0.25, 0.3) is 17.1 Å². The smallest absolute Gasteiger partial charge is 0.307 e. The lowest BCUT2D eigenvalue weighted by Gasteiger charge is -2.00. The molecule has 3 nitrogen and oxygen atoms in total. The van der Waals surface area contributed by atoms with E-state index in [9.17, 15) is 8.78 Å². The predicted octanol–water partition coefficient (Wildman–Crippen LogP) is 3.79. The molecule has 6 heteroatoms. The number of aromatic nitrogens is 2. The third kappa shape index (κ3) is 1.71. The van der Waals surface area contributed by atoms with Crippen molar-refractivity contribution in [3.63, 3.8) is 0 Å². The van der Waals surface area contributed by atoms with Crippen LogP contribution >= 0.6 is 22.6 Å². The van der Waals surface area contributed by atoms with Crippen molar-refractivity contribution in [1.29, 1.82) is 0 Å². The molecule has 3 rings (SSSR count). The monoisotopic (exact) mass is 360 g/mol. The lowest BCUT2D eigenvalue weighted by atomic mass is 10.1. The Morgan fingerprint density at radius 2 is 2.11 bits per heavy atom. The van der Waals surface area contributed by atoms with Crippen LogP contribution in [0.5, 0.6) is 0 Å². The maximum absolute atomic E-state index is 13.7. The molecular formula is C12H7F2IN2O. The molecule has 0 spiro atoms. The largest absolute Gasteiger partial charge is 0.429 e. The summed E-state index contributed by atoms with van der Waals surface area (Å²) in [7, 11) is 0. The lowest BCUT2D eigenvalue weighted by Crippen LogP contribution is -1.89. The zero-order valence-electron chi connectivity index (χ0n) is 9.25. The Bertz CT molecular complexity index is 748. The number of nitrogens with zero attached hydrogens (tertiary/aromatic N) is 2. The number of benzene rings is 1. The van der Waals surface area contributed by atoms with Crippen molar-refractivity contribution in [2.24, 2.45) is 0 Å². The standard InChI is InChI=1S/C12H7F2IN2O/c1-6-5-17-11(15)10(16-12(17)18-6)8-3-2-7(13)4-9(8)14/h2-5H,1H3. The zero-order valence-corrected chi connectivity index (χ0v) is 11.4. The van der Waals surface area contributed by atoms with Gasteiger partial charge in [-0.05, 0) is 41.6 Å². The fourth-order valence-electron chi connectivity index (χ4n) is 1.78. The molecule has 0 atom stereocenters. The fraction of sp³-hybridized carbons (Fsp3) is 0.0833. The number of hydrogen-bond acceptors (Lipinski definition) is 2. The molecule has 0 saturated heterocycles. The van der Waals surface area contributed by atoms with Gasteiger partial charge in [0.05, 0.1) is 6.20 Å². The normalized spacial score (nSPS) is 11.3. The first kappa shape index (κ1) is 11.6. The Morgan fingerprint density at radius 3 is 2.78 bits per heavy atom. The van der Waals surface area contributed by atoms with E-state index in [1.165, 1.54) is 12.1 Å². The van der Waals surface area contributed by atoms with Crippen LogP contribution < -0.4 is 0 Å². The summed E-state index contributed by atoms with van der Waals surface area (Å²) in [5.41, 5.74) is 0.712. The van der Waals surface area contributed by atoms with Crippen molar-refractivity contribution in [3.05, 3.63) is 45.5 Å². The van der Waals surface area contributed by atoms with Gasteiger partial charge in [-0.1, -0.05) is 0 Å². The van der Waals surface area contributed by atoms with Gasteiger partial charge in [-0.2, -0.15) is 4.98 Å². The fourth-order valence-corrected chi connectivity index (χ4v) is 2.54. The lowest BCUT2D eigenvalue weighted by molar-refractivity contribution is 0.562. The maximum Gasteiger partial charge on any atom is 0.307 e. The van der Waals surface area contributed by atoms with Gasteiger partial charge in [0.1, 0.15) is 26.8 Å². The quantitative estimate of drug-likeness (QED) is 0.619. The second-order valence-electron chi connectivity index (χ2n) is 3.87. The molecule has 1 aromatic carbocycles. The minimum Gasteiger partial charge on any atom is -0.429 e. The molecule has 0 radical (unpaired) electrons. The molecule has 0 N–H and O–H groups in total. The maximum atomic E-state index is 13.7. The number of rotatable bonds is 1. The highest BCUT2D eigenvalue weighted by Gasteiger charge is 2.17. The van der Waals surface area contributed by atoms with Crippen molar-refractivity contribution in [3.8, 4) is 11.3 Å². The van der Waals surface area contributed by atoms with E-state index in [1.807, 2.05) is 6.92 Å². The molecule has 92 valence electrons. The van der Waals surface area contributed by atoms with Crippen molar-refractivity contribution >= 4 is 28.4 Å². The Morgan fingerprint density at radius 1 is 1.33 bits per heavy atom. The van der Waals surface area contributed by atoms with Gasteiger partial charge in [-0.15, -0.1) is 0 Å². The van der Waals surface area contributed by atoms with Crippen LogP contribution in [0.1, 0.15) is 5.76 Å². The van der Waals surface area contributed by atoms with Crippen LogP contribution in [-0.4, -0.2) is 9.38 Å². The van der Waals surface area contributed by atoms with Crippen LogP contribution in [0.3, 0.4) is 0 Å². The summed E-state index contributed by atoms with van der Waals surface area (Å²) in [6.45, 7) is 1.81. The minimum atomic E-state index is -0.634.